The van der Waals surface area contributed by atoms with Gasteiger partial charge in [-0.2, -0.15) is 5.10 Å². The van der Waals surface area contributed by atoms with Gasteiger partial charge in [0.2, 0.25) is 0 Å². The zero-order valence-electron chi connectivity index (χ0n) is 15.3. The fourth-order valence-corrected chi connectivity index (χ4v) is 3.69. The van der Waals surface area contributed by atoms with Gasteiger partial charge >= 0.3 is 5.97 Å². The number of rotatable bonds is 5. The molecule has 2 aromatic rings. The standard InChI is InChI=1S/C20H25N3O3/c1-14-12-15(2)23(22-14)17-8-6-16(7-9-17)18(24)21-13-20(19(25)26)10-4-3-5-11-20/h6-9,12H,3-5,10-11,13H2,1-2H3,(H,21,24)(H,25,26). The van der Waals surface area contributed by atoms with Crippen LogP contribution in [0.25, 0.3) is 5.69 Å². The lowest BCUT2D eigenvalue weighted by Gasteiger charge is -2.33. The van der Waals surface area contributed by atoms with E-state index < -0.39 is 11.4 Å². The second-order valence-electron chi connectivity index (χ2n) is 7.21. The molecule has 26 heavy (non-hydrogen) atoms. The first-order chi connectivity index (χ1) is 12.4. The van der Waals surface area contributed by atoms with Crippen LogP contribution in [0.4, 0.5) is 0 Å². The second kappa shape index (κ2) is 7.32. The van der Waals surface area contributed by atoms with Crippen molar-refractivity contribution in [1.82, 2.24) is 15.1 Å². The van der Waals surface area contributed by atoms with Crippen LogP contribution >= 0.6 is 0 Å². The topological polar surface area (TPSA) is 84.2 Å². The van der Waals surface area contributed by atoms with Crippen LogP contribution in [0.2, 0.25) is 0 Å². The van der Waals surface area contributed by atoms with Crippen molar-refractivity contribution in [2.24, 2.45) is 5.41 Å². The second-order valence-corrected chi connectivity index (χ2v) is 7.21. The molecule has 138 valence electrons. The van der Waals surface area contributed by atoms with Gasteiger partial charge in [-0.1, -0.05) is 19.3 Å². The SMILES string of the molecule is Cc1cc(C)n(-c2ccc(C(=O)NCC3(C(=O)O)CCCCC3)cc2)n1. The average molecular weight is 355 g/mol. The molecule has 1 aromatic heterocycles. The Labute approximate surface area is 153 Å². The van der Waals surface area contributed by atoms with Gasteiger partial charge < -0.3 is 10.4 Å². The summed E-state index contributed by atoms with van der Waals surface area (Å²) in [6.45, 7) is 4.10. The molecule has 6 heteroatoms. The molecule has 0 saturated heterocycles. The first-order valence-electron chi connectivity index (χ1n) is 9.07. The molecule has 1 aliphatic rings. The number of carbonyl (C=O) groups is 2. The summed E-state index contributed by atoms with van der Waals surface area (Å²) in [5.74, 6) is -1.05. The third-order valence-corrected chi connectivity index (χ3v) is 5.24. The molecule has 0 aliphatic heterocycles. The first-order valence-corrected chi connectivity index (χ1v) is 9.07. The summed E-state index contributed by atoms with van der Waals surface area (Å²) in [6.07, 6.45) is 4.12. The van der Waals surface area contributed by atoms with E-state index in [0.717, 1.165) is 36.3 Å². The molecule has 0 unspecified atom stereocenters. The van der Waals surface area contributed by atoms with Crippen molar-refractivity contribution in [3.63, 3.8) is 0 Å². The van der Waals surface area contributed by atoms with Crippen LogP contribution in [0.5, 0.6) is 0 Å². The van der Waals surface area contributed by atoms with E-state index in [0.29, 0.717) is 18.4 Å². The van der Waals surface area contributed by atoms with Crippen LogP contribution < -0.4 is 5.32 Å². The van der Waals surface area contributed by atoms with Gasteiger partial charge in [0.15, 0.2) is 0 Å². The molecule has 1 aromatic carbocycles. The van der Waals surface area contributed by atoms with Gasteiger partial charge in [0, 0.05) is 17.8 Å². The van der Waals surface area contributed by atoms with Crippen molar-refractivity contribution in [1.29, 1.82) is 0 Å². The van der Waals surface area contributed by atoms with Gasteiger partial charge in [0.25, 0.3) is 5.91 Å². The van der Waals surface area contributed by atoms with Gasteiger partial charge in [-0.15, -0.1) is 0 Å². The number of carboxylic acids is 1. The van der Waals surface area contributed by atoms with E-state index in [-0.39, 0.29) is 12.5 Å². The molecule has 1 aliphatic carbocycles. The summed E-state index contributed by atoms with van der Waals surface area (Å²) < 4.78 is 1.83. The van der Waals surface area contributed by atoms with Gasteiger partial charge in [0.1, 0.15) is 0 Å². The van der Waals surface area contributed by atoms with E-state index in [1.165, 1.54) is 0 Å². The van der Waals surface area contributed by atoms with Crippen LogP contribution in [-0.4, -0.2) is 33.3 Å². The largest absolute Gasteiger partial charge is 0.481 e. The third kappa shape index (κ3) is 3.64. The highest BCUT2D eigenvalue weighted by molar-refractivity contribution is 5.94. The number of hydrogen-bond acceptors (Lipinski definition) is 3. The first kappa shape index (κ1) is 18.2. The molecule has 0 spiro atoms. The van der Waals surface area contributed by atoms with Crippen LogP contribution in [0.3, 0.4) is 0 Å². The number of aryl methyl sites for hydroxylation is 2. The summed E-state index contributed by atoms with van der Waals surface area (Å²) >= 11 is 0. The summed E-state index contributed by atoms with van der Waals surface area (Å²) in [5.41, 5.74) is 2.56. The molecule has 3 rings (SSSR count). The summed E-state index contributed by atoms with van der Waals surface area (Å²) in [5, 5.41) is 16.9. The van der Waals surface area contributed by atoms with Crippen LogP contribution in [-0.2, 0) is 4.79 Å². The fraction of sp³-hybridized carbons (Fsp3) is 0.450. The lowest BCUT2D eigenvalue weighted by atomic mass is 9.74. The minimum atomic E-state index is -0.822. The quantitative estimate of drug-likeness (QED) is 0.862. The Morgan fingerprint density at radius 2 is 1.81 bits per heavy atom. The maximum absolute atomic E-state index is 12.4. The molecule has 1 fully saturated rings. The maximum atomic E-state index is 12.4. The molecule has 2 N–H and O–H groups in total. The minimum absolute atomic E-state index is 0.181. The summed E-state index contributed by atoms with van der Waals surface area (Å²) in [7, 11) is 0. The zero-order chi connectivity index (χ0) is 18.7. The summed E-state index contributed by atoms with van der Waals surface area (Å²) in [6, 6.07) is 9.19. The van der Waals surface area contributed by atoms with E-state index in [4.69, 9.17) is 0 Å². The monoisotopic (exact) mass is 355 g/mol. The molecular formula is C20H25N3O3. The number of benzene rings is 1. The lowest BCUT2D eigenvalue weighted by molar-refractivity contribution is -0.150. The molecular weight excluding hydrogens is 330 g/mol. The number of amides is 1. The molecule has 1 saturated carbocycles. The Morgan fingerprint density at radius 3 is 2.35 bits per heavy atom. The molecule has 1 amide bonds. The Balaban J connectivity index is 1.68. The van der Waals surface area contributed by atoms with Crippen molar-refractivity contribution in [2.45, 2.75) is 46.0 Å². The van der Waals surface area contributed by atoms with Gasteiger partial charge in [-0.25, -0.2) is 4.68 Å². The molecule has 0 bridgehead atoms. The Bertz CT molecular complexity index is 802. The van der Waals surface area contributed by atoms with Gasteiger partial charge in [-0.3, -0.25) is 9.59 Å². The van der Waals surface area contributed by atoms with Crippen molar-refractivity contribution in [3.8, 4) is 5.69 Å². The smallest absolute Gasteiger partial charge is 0.311 e. The highest BCUT2D eigenvalue weighted by atomic mass is 16.4. The predicted molar refractivity (Wildman–Crippen MR) is 98.5 cm³/mol. The lowest BCUT2D eigenvalue weighted by Crippen LogP contribution is -2.44. The molecule has 0 atom stereocenters. The Hall–Kier alpha value is -2.63. The number of hydrogen-bond donors (Lipinski definition) is 2. The van der Waals surface area contributed by atoms with Gasteiger partial charge in [0.05, 0.1) is 16.8 Å². The molecule has 1 heterocycles. The molecule has 0 radical (unpaired) electrons. The van der Waals surface area contributed by atoms with E-state index in [1.54, 1.807) is 12.1 Å². The van der Waals surface area contributed by atoms with E-state index in [1.807, 2.05) is 36.7 Å². The number of nitrogens with zero attached hydrogens (tertiary/aromatic N) is 2. The van der Waals surface area contributed by atoms with Crippen LogP contribution in [0, 0.1) is 19.3 Å². The van der Waals surface area contributed by atoms with Crippen molar-refractivity contribution in [3.05, 3.63) is 47.3 Å². The number of carboxylic acid groups (broad SMARTS) is 1. The maximum Gasteiger partial charge on any atom is 0.311 e. The minimum Gasteiger partial charge on any atom is -0.481 e. The summed E-state index contributed by atoms with van der Waals surface area (Å²) in [4.78, 5) is 24.1. The number of aliphatic carboxylic acids is 1. The van der Waals surface area contributed by atoms with Crippen molar-refractivity contribution in [2.75, 3.05) is 6.54 Å². The highest BCUT2D eigenvalue weighted by Gasteiger charge is 2.39. The number of nitrogens with one attached hydrogen (secondary N) is 1. The van der Waals surface area contributed by atoms with Crippen LogP contribution in [0.15, 0.2) is 30.3 Å². The Kier molecular flexibility index (Phi) is 5.11. The van der Waals surface area contributed by atoms with Gasteiger partial charge in [-0.05, 0) is 57.0 Å². The normalized spacial score (nSPS) is 16.2. The van der Waals surface area contributed by atoms with E-state index >= 15 is 0 Å². The van der Waals surface area contributed by atoms with E-state index in [2.05, 4.69) is 10.4 Å². The third-order valence-electron chi connectivity index (χ3n) is 5.24. The highest BCUT2D eigenvalue weighted by Crippen LogP contribution is 2.36. The number of carbonyl (C=O) groups excluding carboxylic acids is 1. The number of aromatic nitrogens is 2. The van der Waals surface area contributed by atoms with Crippen molar-refractivity contribution >= 4 is 11.9 Å². The predicted octanol–water partition coefficient (Wildman–Crippen LogP) is 3.25. The Morgan fingerprint density at radius 1 is 1.15 bits per heavy atom. The molecule has 6 nitrogen and oxygen atoms in total. The van der Waals surface area contributed by atoms with Crippen LogP contribution in [0.1, 0.15) is 53.8 Å². The van der Waals surface area contributed by atoms with Crippen molar-refractivity contribution < 1.29 is 14.7 Å². The van der Waals surface area contributed by atoms with E-state index in [9.17, 15) is 14.7 Å². The fourth-order valence-electron chi connectivity index (χ4n) is 3.69. The average Bonchev–Trinajstić information content (AvgIpc) is 2.98. The zero-order valence-corrected chi connectivity index (χ0v) is 15.3.